The highest BCUT2D eigenvalue weighted by Crippen LogP contribution is 2.31. The third-order valence-corrected chi connectivity index (χ3v) is 3.90. The molecular formula is C12H13NO3S. The minimum Gasteiger partial charge on any atom is -0.398 e. The largest absolute Gasteiger partial charge is 0.398 e. The van der Waals surface area contributed by atoms with E-state index in [2.05, 4.69) is 0 Å². The summed E-state index contributed by atoms with van der Waals surface area (Å²) in [7, 11) is -4.23. The van der Waals surface area contributed by atoms with E-state index in [0.717, 1.165) is 11.1 Å². The average molecular weight is 251 g/mol. The maximum atomic E-state index is 11.3. The van der Waals surface area contributed by atoms with Crippen molar-refractivity contribution in [3.63, 3.8) is 0 Å². The molecule has 0 atom stereocenters. The van der Waals surface area contributed by atoms with E-state index in [0.29, 0.717) is 16.5 Å². The maximum absolute atomic E-state index is 11.3. The molecule has 0 aromatic heterocycles. The minimum atomic E-state index is -4.23. The van der Waals surface area contributed by atoms with E-state index in [4.69, 9.17) is 10.3 Å². The van der Waals surface area contributed by atoms with Gasteiger partial charge in [-0.2, -0.15) is 8.42 Å². The standard InChI is InChI=1S/C12H13NO3S/c1-7-6-10-9(12(13)8(7)2)4-3-5-11(10)17(14,15)16/h3-6H,13H2,1-2H3,(H,14,15,16). The molecule has 3 N–H and O–H groups in total. The second kappa shape index (κ2) is 3.72. The molecule has 0 spiro atoms. The van der Waals surface area contributed by atoms with Crippen molar-refractivity contribution in [3.05, 3.63) is 35.4 Å². The van der Waals surface area contributed by atoms with E-state index in [9.17, 15) is 8.42 Å². The third kappa shape index (κ3) is 1.87. The molecule has 0 unspecified atom stereocenters. The topological polar surface area (TPSA) is 80.4 Å². The molecule has 2 aromatic carbocycles. The zero-order valence-corrected chi connectivity index (χ0v) is 10.4. The van der Waals surface area contributed by atoms with Crippen molar-refractivity contribution < 1.29 is 13.0 Å². The van der Waals surface area contributed by atoms with Gasteiger partial charge in [-0.3, -0.25) is 4.55 Å². The fourth-order valence-corrected chi connectivity index (χ4v) is 2.59. The summed E-state index contributed by atoms with van der Waals surface area (Å²) in [6.45, 7) is 3.73. The van der Waals surface area contributed by atoms with Crippen molar-refractivity contribution in [2.75, 3.05) is 5.73 Å². The number of nitrogen functional groups attached to an aromatic ring is 1. The van der Waals surface area contributed by atoms with Crippen LogP contribution in [-0.2, 0) is 10.1 Å². The van der Waals surface area contributed by atoms with Gasteiger partial charge in [0.05, 0.1) is 0 Å². The highest BCUT2D eigenvalue weighted by molar-refractivity contribution is 7.86. The number of benzene rings is 2. The highest BCUT2D eigenvalue weighted by atomic mass is 32.2. The van der Waals surface area contributed by atoms with Crippen LogP contribution in [0.3, 0.4) is 0 Å². The Balaban J connectivity index is 3.02. The van der Waals surface area contributed by atoms with E-state index in [1.807, 2.05) is 13.8 Å². The number of fused-ring (bicyclic) bond motifs is 1. The first kappa shape index (κ1) is 11.9. The van der Waals surface area contributed by atoms with E-state index >= 15 is 0 Å². The van der Waals surface area contributed by atoms with Crippen molar-refractivity contribution in [1.29, 1.82) is 0 Å². The van der Waals surface area contributed by atoms with Crippen molar-refractivity contribution in [2.45, 2.75) is 18.7 Å². The van der Waals surface area contributed by atoms with Gasteiger partial charge >= 0.3 is 0 Å². The summed E-state index contributed by atoms with van der Waals surface area (Å²) in [5, 5.41) is 1.10. The molecule has 0 aliphatic carbocycles. The summed E-state index contributed by atoms with van der Waals surface area (Å²) < 4.78 is 31.7. The summed E-state index contributed by atoms with van der Waals surface area (Å²) in [4.78, 5) is -0.107. The summed E-state index contributed by atoms with van der Waals surface area (Å²) in [5.41, 5.74) is 8.32. The second-order valence-corrected chi connectivity index (χ2v) is 5.45. The SMILES string of the molecule is Cc1cc2c(S(=O)(=O)O)cccc2c(N)c1C. The van der Waals surface area contributed by atoms with Crippen LogP contribution in [0.15, 0.2) is 29.2 Å². The number of rotatable bonds is 1. The Labute approximate surface area is 99.8 Å². The third-order valence-electron chi connectivity index (χ3n) is 2.99. The maximum Gasteiger partial charge on any atom is 0.295 e. The molecule has 2 aromatic rings. The van der Waals surface area contributed by atoms with Crippen LogP contribution in [0.4, 0.5) is 5.69 Å². The molecule has 0 saturated carbocycles. The monoisotopic (exact) mass is 251 g/mol. The Morgan fingerprint density at radius 3 is 2.41 bits per heavy atom. The molecule has 17 heavy (non-hydrogen) atoms. The smallest absolute Gasteiger partial charge is 0.295 e. The lowest BCUT2D eigenvalue weighted by Crippen LogP contribution is -2.01. The fraction of sp³-hybridized carbons (Fsp3) is 0.167. The molecule has 0 aliphatic rings. The van der Waals surface area contributed by atoms with Crippen LogP contribution in [0.2, 0.25) is 0 Å². The van der Waals surface area contributed by atoms with Gasteiger partial charge in [0.15, 0.2) is 0 Å². The lowest BCUT2D eigenvalue weighted by atomic mass is 10.0. The summed E-state index contributed by atoms with van der Waals surface area (Å²) in [6, 6.07) is 6.40. The van der Waals surface area contributed by atoms with Gasteiger partial charge in [0, 0.05) is 16.5 Å². The number of hydrogen-bond donors (Lipinski definition) is 2. The first-order valence-electron chi connectivity index (χ1n) is 5.08. The molecule has 0 radical (unpaired) electrons. The fourth-order valence-electron chi connectivity index (χ4n) is 1.89. The lowest BCUT2D eigenvalue weighted by molar-refractivity contribution is 0.484. The van der Waals surface area contributed by atoms with Crippen LogP contribution in [0, 0.1) is 13.8 Å². The van der Waals surface area contributed by atoms with Crippen molar-refractivity contribution >= 4 is 26.6 Å². The molecule has 5 heteroatoms. The first-order valence-corrected chi connectivity index (χ1v) is 6.52. The van der Waals surface area contributed by atoms with Gasteiger partial charge in [0.25, 0.3) is 10.1 Å². The summed E-state index contributed by atoms with van der Waals surface area (Å²) in [5.74, 6) is 0. The van der Waals surface area contributed by atoms with Crippen molar-refractivity contribution in [1.82, 2.24) is 0 Å². The average Bonchev–Trinajstić information content (AvgIpc) is 2.24. The summed E-state index contributed by atoms with van der Waals surface area (Å²) >= 11 is 0. The predicted molar refractivity (Wildman–Crippen MR) is 67.6 cm³/mol. The lowest BCUT2D eigenvalue weighted by Gasteiger charge is -2.11. The van der Waals surface area contributed by atoms with Gasteiger partial charge in [-0.25, -0.2) is 0 Å². The molecular weight excluding hydrogens is 238 g/mol. The number of aryl methyl sites for hydroxylation is 1. The predicted octanol–water partition coefficient (Wildman–Crippen LogP) is 2.29. The molecule has 4 nitrogen and oxygen atoms in total. The second-order valence-electron chi connectivity index (χ2n) is 4.06. The normalized spacial score (nSPS) is 11.9. The van der Waals surface area contributed by atoms with Crippen LogP contribution in [0.1, 0.15) is 11.1 Å². The zero-order valence-electron chi connectivity index (χ0n) is 9.56. The Kier molecular flexibility index (Phi) is 2.60. The molecule has 0 saturated heterocycles. The number of nitrogens with two attached hydrogens (primary N) is 1. The molecule has 0 amide bonds. The number of hydrogen-bond acceptors (Lipinski definition) is 3. The van der Waals surface area contributed by atoms with Gasteiger partial charge < -0.3 is 5.73 Å². The van der Waals surface area contributed by atoms with Crippen LogP contribution in [0.25, 0.3) is 10.8 Å². The van der Waals surface area contributed by atoms with Gasteiger partial charge in [0.2, 0.25) is 0 Å². The first-order chi connectivity index (χ1) is 7.82. The van der Waals surface area contributed by atoms with Gasteiger partial charge in [0.1, 0.15) is 4.90 Å². The minimum absolute atomic E-state index is 0.107. The van der Waals surface area contributed by atoms with Crippen molar-refractivity contribution in [2.24, 2.45) is 0 Å². The zero-order chi connectivity index (χ0) is 12.8. The van der Waals surface area contributed by atoms with Crippen molar-refractivity contribution in [3.8, 4) is 0 Å². The molecule has 0 fully saturated rings. The van der Waals surface area contributed by atoms with Crippen LogP contribution in [0.5, 0.6) is 0 Å². The van der Waals surface area contributed by atoms with Gasteiger partial charge in [-0.05, 0) is 37.1 Å². The van der Waals surface area contributed by atoms with Gasteiger partial charge in [-0.1, -0.05) is 12.1 Å². The van der Waals surface area contributed by atoms with Gasteiger partial charge in [-0.15, -0.1) is 0 Å². The van der Waals surface area contributed by atoms with Crippen LogP contribution < -0.4 is 5.73 Å². The van der Waals surface area contributed by atoms with E-state index < -0.39 is 10.1 Å². The Morgan fingerprint density at radius 2 is 1.82 bits per heavy atom. The Bertz CT molecular complexity index is 705. The van der Waals surface area contributed by atoms with E-state index in [-0.39, 0.29) is 4.90 Å². The highest BCUT2D eigenvalue weighted by Gasteiger charge is 2.16. The number of anilines is 1. The van der Waals surface area contributed by atoms with E-state index in [1.165, 1.54) is 6.07 Å². The molecule has 90 valence electrons. The molecule has 0 aliphatic heterocycles. The van der Waals surface area contributed by atoms with Crippen LogP contribution >= 0.6 is 0 Å². The van der Waals surface area contributed by atoms with E-state index in [1.54, 1.807) is 18.2 Å². The van der Waals surface area contributed by atoms with Crippen LogP contribution in [-0.4, -0.2) is 13.0 Å². The quantitative estimate of drug-likeness (QED) is 0.602. The Hall–Kier alpha value is -1.59. The molecule has 2 rings (SSSR count). The molecule has 0 bridgehead atoms. The summed E-state index contributed by atoms with van der Waals surface area (Å²) in [6.07, 6.45) is 0. The molecule has 0 heterocycles. The Morgan fingerprint density at radius 1 is 1.18 bits per heavy atom.